The van der Waals surface area contributed by atoms with Gasteiger partial charge >= 0.3 is 0 Å². The van der Waals surface area contributed by atoms with E-state index in [9.17, 15) is 0 Å². The molecule has 1 N–H and O–H groups in total. The molecule has 0 spiro atoms. The summed E-state index contributed by atoms with van der Waals surface area (Å²) in [5.74, 6) is 0.823. The number of hydrogen-bond acceptors (Lipinski definition) is 3. The molecule has 2 heterocycles. The van der Waals surface area contributed by atoms with Gasteiger partial charge in [-0.1, -0.05) is 25.8 Å². The Bertz CT molecular complexity index is 544. The maximum atomic E-state index is 5.32. The smallest absolute Gasteiger partial charge is 0.195 e. The van der Waals surface area contributed by atoms with Gasteiger partial charge in [-0.05, 0) is 37.7 Å². The van der Waals surface area contributed by atoms with Crippen molar-refractivity contribution in [2.45, 2.75) is 39.2 Å². The van der Waals surface area contributed by atoms with Gasteiger partial charge < -0.3 is 0 Å². The Morgan fingerprint density at radius 1 is 1.44 bits per heavy atom. The molecule has 2 aromatic rings. The molecule has 0 bridgehead atoms. The molecule has 0 saturated carbocycles. The lowest BCUT2D eigenvalue weighted by Gasteiger charge is -2.14. The normalized spacial score (nSPS) is 12.6. The van der Waals surface area contributed by atoms with Gasteiger partial charge in [-0.3, -0.25) is 14.6 Å². The largest absolute Gasteiger partial charge is 0.296 e. The van der Waals surface area contributed by atoms with E-state index in [1.54, 1.807) is 6.20 Å². The van der Waals surface area contributed by atoms with Crippen molar-refractivity contribution in [2.75, 3.05) is 0 Å². The van der Waals surface area contributed by atoms with Crippen LogP contribution in [0.4, 0.5) is 0 Å². The molecule has 0 aliphatic carbocycles. The maximum Gasteiger partial charge on any atom is 0.195 e. The molecule has 0 aliphatic heterocycles. The average Bonchev–Trinajstić information content (AvgIpc) is 2.79. The highest BCUT2D eigenvalue weighted by molar-refractivity contribution is 7.71. The number of H-pyrrole nitrogens is 1. The number of aromatic nitrogens is 4. The van der Waals surface area contributed by atoms with Crippen LogP contribution in [0.1, 0.15) is 39.2 Å². The molecular weight excluding hydrogens is 244 g/mol. The van der Waals surface area contributed by atoms with Gasteiger partial charge in [0, 0.05) is 12.2 Å². The van der Waals surface area contributed by atoms with Crippen LogP contribution < -0.4 is 0 Å². The lowest BCUT2D eigenvalue weighted by atomic mass is 10.1. The number of aromatic amines is 1. The molecule has 2 aromatic heterocycles. The number of rotatable bonds is 5. The second kappa shape index (κ2) is 5.91. The Labute approximate surface area is 112 Å². The first-order chi connectivity index (χ1) is 8.74. The van der Waals surface area contributed by atoms with Crippen LogP contribution in [0.3, 0.4) is 0 Å². The monoisotopic (exact) mass is 262 g/mol. The first-order valence-corrected chi connectivity index (χ1v) is 6.73. The summed E-state index contributed by atoms with van der Waals surface area (Å²) in [5, 5.41) is 7.17. The third kappa shape index (κ3) is 2.67. The van der Waals surface area contributed by atoms with E-state index in [-0.39, 0.29) is 0 Å². The third-order valence-corrected chi connectivity index (χ3v) is 3.30. The van der Waals surface area contributed by atoms with E-state index >= 15 is 0 Å². The lowest BCUT2D eigenvalue weighted by Crippen LogP contribution is -2.07. The van der Waals surface area contributed by atoms with Gasteiger partial charge in [0.2, 0.25) is 0 Å². The van der Waals surface area contributed by atoms with Crippen LogP contribution in [0.5, 0.6) is 0 Å². The summed E-state index contributed by atoms with van der Waals surface area (Å²) in [5.41, 5.74) is 0.855. The lowest BCUT2D eigenvalue weighted by molar-refractivity contribution is 0.483. The third-order valence-electron chi connectivity index (χ3n) is 3.01. The number of nitrogens with one attached hydrogen (secondary N) is 1. The number of hydrogen-bond donors (Lipinski definition) is 1. The Balaban J connectivity index is 2.36. The molecule has 0 aliphatic rings. The Morgan fingerprint density at radius 2 is 2.28 bits per heavy atom. The maximum absolute atomic E-state index is 5.32. The zero-order valence-electron chi connectivity index (χ0n) is 10.8. The van der Waals surface area contributed by atoms with E-state index in [1.165, 1.54) is 12.8 Å². The molecule has 2 rings (SSSR count). The minimum Gasteiger partial charge on any atom is -0.296 e. The molecule has 5 heteroatoms. The average molecular weight is 262 g/mol. The summed E-state index contributed by atoms with van der Waals surface area (Å²) in [4.78, 5) is 4.34. The van der Waals surface area contributed by atoms with E-state index in [1.807, 2.05) is 18.2 Å². The molecule has 18 heavy (non-hydrogen) atoms. The first kappa shape index (κ1) is 13.0. The summed E-state index contributed by atoms with van der Waals surface area (Å²) in [6, 6.07) is 6.15. The molecule has 1 atom stereocenters. The Kier molecular flexibility index (Phi) is 4.25. The first-order valence-electron chi connectivity index (χ1n) is 6.32. The molecule has 1 unspecified atom stereocenters. The molecule has 0 aromatic carbocycles. The molecule has 0 saturated heterocycles. The highest BCUT2D eigenvalue weighted by atomic mass is 32.1. The summed E-state index contributed by atoms with van der Waals surface area (Å²) >= 11 is 5.32. The van der Waals surface area contributed by atoms with Gasteiger partial charge in [0.05, 0.1) is 0 Å². The van der Waals surface area contributed by atoms with Gasteiger partial charge in [0.1, 0.15) is 5.69 Å². The van der Waals surface area contributed by atoms with Crippen molar-refractivity contribution < 1.29 is 0 Å². The predicted octanol–water partition coefficient (Wildman–Crippen LogP) is 3.75. The van der Waals surface area contributed by atoms with Crippen molar-refractivity contribution in [1.29, 1.82) is 0 Å². The fourth-order valence-corrected chi connectivity index (χ4v) is 2.33. The van der Waals surface area contributed by atoms with Crippen molar-refractivity contribution in [3.8, 4) is 11.5 Å². The number of nitrogens with zero attached hydrogens (tertiary/aromatic N) is 3. The molecular formula is C13H18N4S. The zero-order valence-corrected chi connectivity index (χ0v) is 11.6. The van der Waals surface area contributed by atoms with E-state index in [0.29, 0.717) is 10.8 Å². The second-order valence-electron chi connectivity index (χ2n) is 4.43. The van der Waals surface area contributed by atoms with Crippen LogP contribution in [-0.2, 0) is 0 Å². The quantitative estimate of drug-likeness (QED) is 0.835. The van der Waals surface area contributed by atoms with E-state index in [0.717, 1.165) is 17.9 Å². The highest BCUT2D eigenvalue weighted by Crippen LogP contribution is 2.22. The highest BCUT2D eigenvalue weighted by Gasteiger charge is 2.14. The Morgan fingerprint density at radius 3 is 2.94 bits per heavy atom. The number of pyridine rings is 1. The van der Waals surface area contributed by atoms with Crippen LogP contribution in [-0.4, -0.2) is 19.7 Å². The summed E-state index contributed by atoms with van der Waals surface area (Å²) < 4.78 is 2.73. The van der Waals surface area contributed by atoms with Crippen LogP contribution in [0.25, 0.3) is 11.5 Å². The van der Waals surface area contributed by atoms with E-state index in [4.69, 9.17) is 12.2 Å². The van der Waals surface area contributed by atoms with Gasteiger partial charge in [0.15, 0.2) is 10.6 Å². The van der Waals surface area contributed by atoms with Gasteiger partial charge in [0.25, 0.3) is 0 Å². The van der Waals surface area contributed by atoms with Gasteiger partial charge in [-0.25, -0.2) is 0 Å². The van der Waals surface area contributed by atoms with Crippen LogP contribution >= 0.6 is 12.2 Å². The van der Waals surface area contributed by atoms with Gasteiger partial charge in [-0.15, -0.1) is 0 Å². The fourth-order valence-electron chi connectivity index (χ4n) is 2.02. The van der Waals surface area contributed by atoms with Gasteiger partial charge in [-0.2, -0.15) is 5.10 Å². The zero-order chi connectivity index (χ0) is 13.0. The molecule has 4 nitrogen and oxygen atoms in total. The SMILES string of the molecule is CCCCC(C)n1c(-c2ccccn2)n[nH]c1=S. The number of unbranched alkanes of at least 4 members (excludes halogenated alkanes) is 1. The van der Waals surface area contributed by atoms with Crippen LogP contribution in [0.15, 0.2) is 24.4 Å². The second-order valence-corrected chi connectivity index (χ2v) is 4.82. The minimum absolute atomic E-state index is 0.341. The van der Waals surface area contributed by atoms with Crippen molar-refractivity contribution in [1.82, 2.24) is 19.7 Å². The standard InChI is InChI=1S/C13H18N4S/c1-3-4-7-10(2)17-12(15-16-13(17)18)11-8-5-6-9-14-11/h5-6,8-10H,3-4,7H2,1-2H3,(H,16,18). The fraction of sp³-hybridized carbons (Fsp3) is 0.462. The van der Waals surface area contributed by atoms with Crippen LogP contribution in [0.2, 0.25) is 0 Å². The molecule has 0 amide bonds. The van der Waals surface area contributed by atoms with Crippen molar-refractivity contribution in [3.05, 3.63) is 29.2 Å². The summed E-state index contributed by atoms with van der Waals surface area (Å²) in [7, 11) is 0. The van der Waals surface area contributed by atoms with Crippen molar-refractivity contribution in [3.63, 3.8) is 0 Å². The van der Waals surface area contributed by atoms with E-state index in [2.05, 4.69) is 33.6 Å². The molecule has 0 radical (unpaired) electrons. The minimum atomic E-state index is 0.341. The summed E-state index contributed by atoms with van der Waals surface area (Å²) in [6.07, 6.45) is 5.25. The Hall–Kier alpha value is -1.49. The van der Waals surface area contributed by atoms with E-state index < -0.39 is 0 Å². The molecule has 96 valence electrons. The van der Waals surface area contributed by atoms with Crippen molar-refractivity contribution in [2.24, 2.45) is 0 Å². The summed E-state index contributed by atoms with van der Waals surface area (Å²) in [6.45, 7) is 4.37. The van der Waals surface area contributed by atoms with Crippen LogP contribution in [0, 0.1) is 4.77 Å². The molecule has 0 fully saturated rings. The van der Waals surface area contributed by atoms with Crippen molar-refractivity contribution >= 4 is 12.2 Å². The topological polar surface area (TPSA) is 46.5 Å². The predicted molar refractivity (Wildman–Crippen MR) is 74.9 cm³/mol.